The molecule has 0 N–H and O–H groups in total. The highest BCUT2D eigenvalue weighted by Crippen LogP contribution is 2.19. The van der Waals surface area contributed by atoms with Crippen molar-refractivity contribution in [2.24, 2.45) is 20.9 Å². The normalized spacial score (nSPS) is 30.3. The third kappa shape index (κ3) is 3.98. The Balaban J connectivity index is 1.50. The lowest BCUT2D eigenvalue weighted by Gasteiger charge is -2.39. The standard InChI is InChI=1S/C17H29N5O/c1-13(2)21-6-8-22(9-7-21)16-12-18-15(11-19-16)14-4-5-17(23-3)20-10-14/h11,13-14,16H,4-10,12H2,1-3H3. The molecule has 2 atom stereocenters. The maximum Gasteiger partial charge on any atom is 0.182 e. The molecule has 3 aliphatic rings. The number of rotatable bonds is 3. The maximum atomic E-state index is 5.21. The smallest absolute Gasteiger partial charge is 0.182 e. The van der Waals surface area contributed by atoms with Crippen LogP contribution in [0.25, 0.3) is 0 Å². The van der Waals surface area contributed by atoms with Crippen LogP contribution in [0, 0.1) is 5.92 Å². The van der Waals surface area contributed by atoms with Crippen molar-refractivity contribution in [1.29, 1.82) is 0 Å². The Bertz CT molecular complexity index is 491. The topological polar surface area (TPSA) is 52.8 Å². The van der Waals surface area contributed by atoms with Gasteiger partial charge in [-0.2, -0.15) is 0 Å². The van der Waals surface area contributed by atoms with E-state index < -0.39 is 0 Å². The van der Waals surface area contributed by atoms with E-state index in [2.05, 4.69) is 28.6 Å². The highest BCUT2D eigenvalue weighted by molar-refractivity contribution is 6.32. The number of hydrogen-bond donors (Lipinski definition) is 0. The second-order valence-corrected chi connectivity index (χ2v) is 6.86. The molecule has 6 nitrogen and oxygen atoms in total. The Kier molecular flexibility index (Phi) is 5.43. The highest BCUT2D eigenvalue weighted by atomic mass is 16.5. The Labute approximate surface area is 139 Å². The van der Waals surface area contributed by atoms with Gasteiger partial charge in [0.25, 0.3) is 0 Å². The number of aliphatic imine (C=N–C) groups is 3. The molecule has 0 aliphatic carbocycles. The Morgan fingerprint density at radius 2 is 1.91 bits per heavy atom. The summed E-state index contributed by atoms with van der Waals surface area (Å²) in [6, 6.07) is 0.639. The van der Waals surface area contributed by atoms with Crippen LogP contribution < -0.4 is 0 Å². The molecule has 23 heavy (non-hydrogen) atoms. The van der Waals surface area contributed by atoms with Gasteiger partial charge in [0, 0.05) is 50.8 Å². The number of piperazine rings is 1. The van der Waals surface area contributed by atoms with E-state index in [1.54, 1.807) is 7.11 Å². The summed E-state index contributed by atoms with van der Waals surface area (Å²) < 4.78 is 5.21. The molecule has 0 amide bonds. The lowest BCUT2D eigenvalue weighted by molar-refractivity contribution is 0.0830. The van der Waals surface area contributed by atoms with E-state index in [0.29, 0.717) is 12.0 Å². The van der Waals surface area contributed by atoms with Crippen molar-refractivity contribution in [2.45, 2.75) is 38.9 Å². The van der Waals surface area contributed by atoms with E-state index in [-0.39, 0.29) is 6.17 Å². The van der Waals surface area contributed by atoms with E-state index in [1.807, 2.05) is 6.21 Å². The second kappa shape index (κ2) is 7.53. The minimum atomic E-state index is 0.231. The minimum Gasteiger partial charge on any atom is -0.484 e. The largest absolute Gasteiger partial charge is 0.484 e. The number of hydrogen-bond acceptors (Lipinski definition) is 6. The van der Waals surface area contributed by atoms with Gasteiger partial charge >= 0.3 is 0 Å². The molecule has 3 aliphatic heterocycles. The first kappa shape index (κ1) is 16.6. The van der Waals surface area contributed by atoms with E-state index >= 15 is 0 Å². The van der Waals surface area contributed by atoms with E-state index in [1.165, 1.54) is 0 Å². The molecule has 128 valence electrons. The van der Waals surface area contributed by atoms with Crippen molar-refractivity contribution >= 4 is 17.8 Å². The highest BCUT2D eigenvalue weighted by Gasteiger charge is 2.27. The molecule has 1 saturated heterocycles. The van der Waals surface area contributed by atoms with E-state index in [9.17, 15) is 0 Å². The fourth-order valence-corrected chi connectivity index (χ4v) is 3.52. The van der Waals surface area contributed by atoms with Gasteiger partial charge in [-0.15, -0.1) is 0 Å². The molecule has 2 unspecified atom stereocenters. The summed E-state index contributed by atoms with van der Waals surface area (Å²) in [5.74, 6) is 1.28. The molecule has 0 spiro atoms. The van der Waals surface area contributed by atoms with E-state index in [0.717, 1.165) is 63.7 Å². The molecule has 6 heteroatoms. The first-order chi connectivity index (χ1) is 11.2. The molecular weight excluding hydrogens is 290 g/mol. The molecule has 0 aromatic carbocycles. The van der Waals surface area contributed by atoms with E-state index in [4.69, 9.17) is 14.7 Å². The third-order valence-electron chi connectivity index (χ3n) is 5.17. The summed E-state index contributed by atoms with van der Waals surface area (Å²) in [5, 5.41) is 0. The SMILES string of the molecule is COC1=NCC(C2=NCC(N3CCN(C(C)C)CC3)N=C2)CC1. The van der Waals surface area contributed by atoms with Crippen LogP contribution in [0.3, 0.4) is 0 Å². The first-order valence-corrected chi connectivity index (χ1v) is 8.80. The van der Waals surface area contributed by atoms with Gasteiger partial charge in [0.2, 0.25) is 0 Å². The lowest BCUT2D eigenvalue weighted by Crippen LogP contribution is -2.53. The van der Waals surface area contributed by atoms with Crippen molar-refractivity contribution in [3.05, 3.63) is 0 Å². The molecule has 3 heterocycles. The molecule has 0 saturated carbocycles. The van der Waals surface area contributed by atoms with Gasteiger partial charge in [-0.3, -0.25) is 24.8 Å². The van der Waals surface area contributed by atoms with Crippen molar-refractivity contribution in [1.82, 2.24) is 9.80 Å². The van der Waals surface area contributed by atoms with Crippen LogP contribution in [0.5, 0.6) is 0 Å². The predicted octanol–water partition coefficient (Wildman–Crippen LogP) is 1.32. The summed E-state index contributed by atoms with van der Waals surface area (Å²) in [5.41, 5.74) is 1.13. The van der Waals surface area contributed by atoms with Gasteiger partial charge < -0.3 is 4.74 Å². The summed E-state index contributed by atoms with van der Waals surface area (Å²) in [6.07, 6.45) is 4.21. The second-order valence-electron chi connectivity index (χ2n) is 6.86. The molecule has 3 rings (SSSR count). The monoisotopic (exact) mass is 319 g/mol. The lowest BCUT2D eigenvalue weighted by atomic mass is 9.95. The quantitative estimate of drug-likeness (QED) is 0.788. The Morgan fingerprint density at radius 1 is 1.13 bits per heavy atom. The summed E-state index contributed by atoms with van der Waals surface area (Å²) in [6.45, 7) is 10.6. The Hall–Kier alpha value is -1.27. The number of nitrogens with zero attached hydrogens (tertiary/aromatic N) is 5. The first-order valence-electron chi connectivity index (χ1n) is 8.80. The van der Waals surface area contributed by atoms with Crippen LogP contribution in [0.15, 0.2) is 15.0 Å². The fraction of sp³-hybridized carbons (Fsp3) is 0.824. The van der Waals surface area contributed by atoms with Crippen LogP contribution >= 0.6 is 0 Å². The molecular formula is C17H29N5O. The van der Waals surface area contributed by atoms with Gasteiger partial charge in [-0.1, -0.05) is 0 Å². The van der Waals surface area contributed by atoms with Crippen LogP contribution in [-0.2, 0) is 4.74 Å². The van der Waals surface area contributed by atoms with Gasteiger partial charge in [0.1, 0.15) is 6.17 Å². The van der Waals surface area contributed by atoms with Crippen molar-refractivity contribution < 1.29 is 4.74 Å². The average molecular weight is 319 g/mol. The van der Waals surface area contributed by atoms with Gasteiger partial charge in [0.05, 0.1) is 25.9 Å². The summed E-state index contributed by atoms with van der Waals surface area (Å²) in [7, 11) is 1.70. The molecule has 0 radical (unpaired) electrons. The van der Waals surface area contributed by atoms with Crippen molar-refractivity contribution in [2.75, 3.05) is 46.4 Å². The summed E-state index contributed by atoms with van der Waals surface area (Å²) in [4.78, 5) is 19.1. The van der Waals surface area contributed by atoms with Gasteiger partial charge in [0.15, 0.2) is 5.90 Å². The fourth-order valence-electron chi connectivity index (χ4n) is 3.52. The Morgan fingerprint density at radius 3 is 2.43 bits per heavy atom. The van der Waals surface area contributed by atoms with Crippen LogP contribution in [0.4, 0.5) is 0 Å². The van der Waals surface area contributed by atoms with Gasteiger partial charge in [-0.25, -0.2) is 0 Å². The predicted molar refractivity (Wildman–Crippen MR) is 94.9 cm³/mol. The zero-order chi connectivity index (χ0) is 16.2. The number of methoxy groups -OCH3 is 1. The molecule has 0 aromatic rings. The van der Waals surface area contributed by atoms with Crippen molar-refractivity contribution in [3.63, 3.8) is 0 Å². The molecule has 0 bridgehead atoms. The minimum absolute atomic E-state index is 0.231. The molecule has 0 aromatic heterocycles. The third-order valence-corrected chi connectivity index (χ3v) is 5.17. The average Bonchev–Trinajstić information content (AvgIpc) is 2.62. The maximum absolute atomic E-state index is 5.21. The zero-order valence-electron chi connectivity index (χ0n) is 14.6. The number of ether oxygens (including phenoxy) is 1. The van der Waals surface area contributed by atoms with Crippen LogP contribution in [0.2, 0.25) is 0 Å². The van der Waals surface area contributed by atoms with Crippen LogP contribution in [-0.4, -0.2) is 86.2 Å². The summed E-state index contributed by atoms with van der Waals surface area (Å²) >= 11 is 0. The molecule has 1 fully saturated rings. The van der Waals surface area contributed by atoms with Crippen LogP contribution in [0.1, 0.15) is 26.7 Å². The van der Waals surface area contributed by atoms with Gasteiger partial charge in [-0.05, 0) is 20.3 Å². The zero-order valence-corrected chi connectivity index (χ0v) is 14.6. The van der Waals surface area contributed by atoms with Crippen molar-refractivity contribution in [3.8, 4) is 0 Å².